The third-order valence-corrected chi connectivity index (χ3v) is 14.0. The minimum Gasteiger partial charge on any atom is -0.312 e. The molecule has 0 fully saturated rings. The van der Waals surface area contributed by atoms with Crippen LogP contribution in [0.15, 0.2) is 174 Å². The third-order valence-electron chi connectivity index (χ3n) is 12.8. The summed E-state index contributed by atoms with van der Waals surface area (Å²) in [6, 6.07) is 56.3. The smallest absolute Gasteiger partial charge is 0.252 e. The van der Waals surface area contributed by atoms with E-state index in [4.69, 9.17) is 0 Å². The highest BCUT2D eigenvalue weighted by molar-refractivity contribution is 8.00. The number of hydrogen-bond acceptors (Lipinski definition) is 3. The first-order valence-corrected chi connectivity index (χ1v) is 21.1. The first-order chi connectivity index (χ1) is 28.8. The van der Waals surface area contributed by atoms with Gasteiger partial charge in [-0.3, -0.25) is 0 Å². The van der Waals surface area contributed by atoms with E-state index in [0.29, 0.717) is 5.56 Å². The van der Waals surface area contributed by atoms with Crippen molar-refractivity contribution in [2.45, 2.75) is 36.0 Å². The standard InChI is InChI=1S/C52H36B2F2N2S/c1-52(2,3)32-29-27-31(28-30-32)33-15-4-9-22-40(33)57-41-23-10-5-16-34(41)53-35-17-6-11-24-42(35)58-43-25-12-7-18-36(43)54-37-19-8-13-26-44(37)59-51-46(45-38(55)20-14-21-39(45)56)49(57)47(53)50(58)48(51)54/h4-30H,1-3H3. The molecule has 0 spiro atoms. The molecular weight excluding hydrogens is 744 g/mol. The molecule has 7 heteroatoms. The van der Waals surface area contributed by atoms with Crippen LogP contribution >= 0.6 is 11.8 Å². The average Bonchev–Trinajstić information content (AvgIpc) is 3.26. The largest absolute Gasteiger partial charge is 0.312 e. The molecule has 0 saturated heterocycles. The molecule has 4 aliphatic heterocycles. The zero-order valence-electron chi connectivity index (χ0n) is 32.8. The van der Waals surface area contributed by atoms with E-state index in [0.717, 1.165) is 76.9 Å². The van der Waals surface area contributed by atoms with Crippen molar-refractivity contribution in [2.24, 2.45) is 0 Å². The zero-order chi connectivity index (χ0) is 39.7. The maximum absolute atomic E-state index is 17.0. The number of hydrogen-bond donors (Lipinski definition) is 0. The van der Waals surface area contributed by atoms with Crippen LogP contribution in [0.1, 0.15) is 26.3 Å². The monoisotopic (exact) mass is 780 g/mol. The van der Waals surface area contributed by atoms with Crippen molar-refractivity contribution in [3.8, 4) is 22.3 Å². The number of fused-ring (bicyclic) bond motifs is 10. The summed E-state index contributed by atoms with van der Waals surface area (Å²) >= 11 is 1.64. The zero-order valence-corrected chi connectivity index (χ0v) is 33.6. The normalized spacial score (nSPS) is 14.0. The first kappa shape index (κ1) is 34.7. The SMILES string of the molecule is CC(C)(C)c1ccc(-c2ccccc2N2c3ccccc3B3c4ccccc4N4c5ccccc5B5c6ccccc6Sc6c5c4c3c2c6-c2c(F)cccc2F)cc1. The van der Waals surface area contributed by atoms with Crippen molar-refractivity contribution in [1.82, 2.24) is 0 Å². The van der Waals surface area contributed by atoms with Gasteiger partial charge in [0.25, 0.3) is 6.71 Å². The Morgan fingerprint density at radius 3 is 1.54 bits per heavy atom. The maximum Gasteiger partial charge on any atom is 0.252 e. The van der Waals surface area contributed by atoms with Crippen molar-refractivity contribution in [3.63, 3.8) is 0 Å². The molecule has 0 saturated carbocycles. The van der Waals surface area contributed by atoms with E-state index >= 15 is 8.78 Å². The first-order valence-electron chi connectivity index (χ1n) is 20.3. The molecule has 8 aromatic carbocycles. The molecule has 0 amide bonds. The molecule has 0 atom stereocenters. The second-order valence-electron chi connectivity index (χ2n) is 17.0. The van der Waals surface area contributed by atoms with Crippen LogP contribution in [0.3, 0.4) is 0 Å². The number of para-hydroxylation sites is 4. The molecular formula is C52H36B2F2N2S. The van der Waals surface area contributed by atoms with E-state index in [2.05, 4.69) is 176 Å². The van der Waals surface area contributed by atoms with E-state index in [1.807, 2.05) is 0 Å². The van der Waals surface area contributed by atoms with E-state index in [1.165, 1.54) is 34.7 Å². The van der Waals surface area contributed by atoms with Crippen LogP contribution in [0, 0.1) is 11.6 Å². The Balaban J connectivity index is 1.28. The summed E-state index contributed by atoms with van der Waals surface area (Å²) < 4.78 is 33.9. The van der Waals surface area contributed by atoms with Gasteiger partial charge in [0.05, 0.1) is 16.9 Å². The molecule has 0 N–H and O–H groups in total. The molecule has 0 unspecified atom stereocenters. The molecule has 59 heavy (non-hydrogen) atoms. The highest BCUT2D eigenvalue weighted by atomic mass is 32.2. The Kier molecular flexibility index (Phi) is 7.41. The summed E-state index contributed by atoms with van der Waals surface area (Å²) in [5.41, 5.74) is 16.9. The van der Waals surface area contributed by atoms with E-state index < -0.39 is 11.6 Å². The molecule has 0 aromatic heterocycles. The number of halogens is 2. The Labute approximate surface area is 348 Å². The number of benzene rings is 8. The molecule has 12 rings (SSSR count). The van der Waals surface area contributed by atoms with Crippen molar-refractivity contribution in [1.29, 1.82) is 0 Å². The van der Waals surface area contributed by atoms with Gasteiger partial charge in [0, 0.05) is 43.7 Å². The van der Waals surface area contributed by atoms with Crippen LogP contribution < -0.4 is 42.6 Å². The molecule has 2 nitrogen and oxygen atoms in total. The molecule has 0 radical (unpaired) electrons. The van der Waals surface area contributed by atoms with Crippen LogP contribution in [-0.2, 0) is 5.41 Å². The number of rotatable bonds is 3. The lowest BCUT2D eigenvalue weighted by Crippen LogP contribution is -2.68. The quantitative estimate of drug-likeness (QED) is 0.165. The Bertz CT molecular complexity index is 3050. The second kappa shape index (κ2) is 12.6. The maximum atomic E-state index is 17.0. The van der Waals surface area contributed by atoms with Crippen LogP contribution in [0.4, 0.5) is 42.9 Å². The van der Waals surface area contributed by atoms with Gasteiger partial charge in [0.1, 0.15) is 11.6 Å². The van der Waals surface area contributed by atoms with Gasteiger partial charge in [0.15, 0.2) is 0 Å². The predicted octanol–water partition coefficient (Wildman–Crippen LogP) is 9.97. The second-order valence-corrected chi connectivity index (χ2v) is 18.1. The summed E-state index contributed by atoms with van der Waals surface area (Å²) in [5.74, 6) is -1.15. The molecule has 8 aromatic rings. The Morgan fingerprint density at radius 2 is 0.949 bits per heavy atom. The van der Waals surface area contributed by atoms with E-state index in [-0.39, 0.29) is 24.4 Å². The van der Waals surface area contributed by atoms with Gasteiger partial charge in [-0.15, -0.1) is 0 Å². The van der Waals surface area contributed by atoms with Gasteiger partial charge in [-0.2, -0.15) is 0 Å². The lowest BCUT2D eigenvalue weighted by atomic mass is 9.29. The lowest BCUT2D eigenvalue weighted by molar-refractivity contribution is 0.589. The minimum atomic E-state index is -0.577. The van der Waals surface area contributed by atoms with Crippen LogP contribution in [0.2, 0.25) is 0 Å². The Morgan fingerprint density at radius 1 is 0.458 bits per heavy atom. The Hall–Kier alpha value is -6.30. The average molecular weight is 781 g/mol. The van der Waals surface area contributed by atoms with Crippen molar-refractivity contribution >= 4 is 92.1 Å². The van der Waals surface area contributed by atoms with E-state index in [1.54, 1.807) is 11.8 Å². The molecule has 0 bridgehead atoms. The number of anilines is 6. The number of nitrogens with zero attached hydrogens (tertiary/aromatic N) is 2. The highest BCUT2D eigenvalue weighted by Gasteiger charge is 2.52. The summed E-state index contributed by atoms with van der Waals surface area (Å²) in [6.07, 6.45) is 0. The van der Waals surface area contributed by atoms with Crippen LogP contribution in [-0.4, -0.2) is 13.4 Å². The van der Waals surface area contributed by atoms with Crippen molar-refractivity contribution in [2.75, 3.05) is 9.80 Å². The summed E-state index contributed by atoms with van der Waals surface area (Å²) in [4.78, 5) is 6.76. The predicted molar refractivity (Wildman–Crippen MR) is 245 cm³/mol. The van der Waals surface area contributed by atoms with E-state index in [9.17, 15) is 0 Å². The van der Waals surface area contributed by atoms with Gasteiger partial charge in [-0.25, -0.2) is 8.78 Å². The minimum absolute atomic E-state index is 0.000290. The molecule has 4 aliphatic rings. The lowest BCUT2D eigenvalue weighted by Gasteiger charge is -2.50. The summed E-state index contributed by atoms with van der Waals surface area (Å²) in [6.45, 7) is 6.35. The van der Waals surface area contributed by atoms with Gasteiger partial charge >= 0.3 is 0 Å². The molecule has 0 aliphatic carbocycles. The summed E-state index contributed by atoms with van der Waals surface area (Å²) in [5, 5.41) is 0. The molecule has 280 valence electrons. The van der Waals surface area contributed by atoms with Crippen LogP contribution in [0.25, 0.3) is 22.3 Å². The topological polar surface area (TPSA) is 6.48 Å². The van der Waals surface area contributed by atoms with Crippen molar-refractivity contribution in [3.05, 3.63) is 181 Å². The van der Waals surface area contributed by atoms with Gasteiger partial charge in [-0.1, -0.05) is 159 Å². The van der Waals surface area contributed by atoms with Crippen molar-refractivity contribution < 1.29 is 8.78 Å². The van der Waals surface area contributed by atoms with Crippen LogP contribution in [0.5, 0.6) is 0 Å². The fourth-order valence-electron chi connectivity index (χ4n) is 10.3. The van der Waals surface area contributed by atoms with Gasteiger partial charge in [-0.05, 0) is 86.3 Å². The summed E-state index contributed by atoms with van der Waals surface area (Å²) in [7, 11) is 0. The fourth-order valence-corrected chi connectivity index (χ4v) is 11.6. The van der Waals surface area contributed by atoms with Gasteiger partial charge in [0.2, 0.25) is 6.71 Å². The van der Waals surface area contributed by atoms with Gasteiger partial charge < -0.3 is 9.80 Å². The molecule has 4 heterocycles. The third kappa shape index (κ3) is 4.82. The highest BCUT2D eigenvalue weighted by Crippen LogP contribution is 2.54. The fraction of sp³-hybridized carbons (Fsp3) is 0.0769.